The molecular formula is C25H24N4O4S. The van der Waals surface area contributed by atoms with Crippen molar-refractivity contribution in [1.82, 2.24) is 14.6 Å². The summed E-state index contributed by atoms with van der Waals surface area (Å²) in [7, 11) is -2.36. The number of nitrogens with one attached hydrogen (secondary N) is 1. The number of methoxy groups -OCH3 is 1. The highest BCUT2D eigenvalue weighted by Gasteiger charge is 2.37. The molecule has 4 aromatic rings. The highest BCUT2D eigenvalue weighted by Crippen LogP contribution is 2.27. The molecular weight excluding hydrogens is 452 g/mol. The van der Waals surface area contributed by atoms with Crippen LogP contribution in [0.5, 0.6) is 5.75 Å². The number of nitrogens with two attached hydrogens (primary N) is 1. The Balaban J connectivity index is 1.35. The molecule has 0 radical (unpaired) electrons. The summed E-state index contributed by atoms with van der Waals surface area (Å²) in [4.78, 5) is 18.8. The van der Waals surface area contributed by atoms with E-state index in [1.807, 2.05) is 36.4 Å². The summed E-state index contributed by atoms with van der Waals surface area (Å²) >= 11 is 0. The zero-order valence-corrected chi connectivity index (χ0v) is 19.3. The first kappa shape index (κ1) is 22.3. The van der Waals surface area contributed by atoms with Crippen LogP contribution < -0.4 is 15.2 Å². The number of benzene rings is 3. The Labute approximate surface area is 197 Å². The third kappa shape index (κ3) is 4.09. The average molecular weight is 477 g/mol. The molecule has 3 N–H and O–H groups in total. The van der Waals surface area contributed by atoms with Crippen molar-refractivity contribution in [2.24, 2.45) is 5.73 Å². The van der Waals surface area contributed by atoms with E-state index in [4.69, 9.17) is 10.5 Å². The minimum atomic E-state index is -3.92. The lowest BCUT2D eigenvalue weighted by Crippen LogP contribution is -2.44. The summed E-state index contributed by atoms with van der Waals surface area (Å²) < 4.78 is 33.9. The first-order valence-electron chi connectivity index (χ1n) is 10.9. The van der Waals surface area contributed by atoms with Gasteiger partial charge in [-0.25, -0.2) is 8.42 Å². The molecule has 0 unspecified atom stereocenters. The van der Waals surface area contributed by atoms with Gasteiger partial charge in [-0.3, -0.25) is 9.78 Å². The van der Waals surface area contributed by atoms with Crippen LogP contribution in [-0.4, -0.2) is 43.9 Å². The van der Waals surface area contributed by atoms with Gasteiger partial charge in [-0.05, 0) is 64.5 Å². The fourth-order valence-electron chi connectivity index (χ4n) is 4.31. The molecule has 1 fully saturated rings. The van der Waals surface area contributed by atoms with Crippen molar-refractivity contribution in [2.45, 2.75) is 23.5 Å². The van der Waals surface area contributed by atoms with E-state index in [0.717, 1.165) is 27.1 Å². The van der Waals surface area contributed by atoms with Gasteiger partial charge in [-0.2, -0.15) is 4.72 Å². The van der Waals surface area contributed by atoms with E-state index >= 15 is 0 Å². The molecule has 1 aromatic heterocycles. The number of fused-ring (bicyclic) bond motifs is 2. The number of amides is 1. The second-order valence-corrected chi connectivity index (χ2v) is 10.0. The van der Waals surface area contributed by atoms with Crippen LogP contribution in [0.25, 0.3) is 21.5 Å². The Kier molecular flexibility index (Phi) is 5.68. The van der Waals surface area contributed by atoms with Gasteiger partial charge in [0.25, 0.3) is 0 Å². The van der Waals surface area contributed by atoms with Gasteiger partial charge in [0, 0.05) is 24.3 Å². The van der Waals surface area contributed by atoms with Crippen molar-refractivity contribution in [3.8, 4) is 5.75 Å². The van der Waals surface area contributed by atoms with Crippen molar-refractivity contribution in [3.63, 3.8) is 0 Å². The van der Waals surface area contributed by atoms with Gasteiger partial charge in [0.2, 0.25) is 15.9 Å². The molecule has 0 bridgehead atoms. The number of carbonyl (C=O) groups is 1. The Hall–Kier alpha value is -3.53. The van der Waals surface area contributed by atoms with Crippen LogP contribution in [0.1, 0.15) is 18.2 Å². The molecule has 9 heteroatoms. The lowest BCUT2D eigenvalue weighted by atomic mass is 10.1. The van der Waals surface area contributed by atoms with Gasteiger partial charge in [0.05, 0.1) is 12.0 Å². The minimum Gasteiger partial charge on any atom is -0.497 e. The molecule has 34 heavy (non-hydrogen) atoms. The van der Waals surface area contributed by atoms with E-state index in [2.05, 4.69) is 9.71 Å². The zero-order chi connectivity index (χ0) is 23.9. The fraction of sp³-hybridized carbons (Fsp3) is 0.200. The number of hydrogen-bond donors (Lipinski definition) is 2. The summed E-state index contributed by atoms with van der Waals surface area (Å²) in [5, 5.41) is 3.57. The Morgan fingerprint density at radius 2 is 1.79 bits per heavy atom. The molecule has 3 aromatic carbocycles. The topological polar surface area (TPSA) is 115 Å². The van der Waals surface area contributed by atoms with E-state index in [1.165, 1.54) is 11.0 Å². The second-order valence-electron chi connectivity index (χ2n) is 8.30. The molecule has 174 valence electrons. The van der Waals surface area contributed by atoms with Gasteiger partial charge in [-0.15, -0.1) is 0 Å². The molecule has 1 aliphatic heterocycles. The summed E-state index contributed by atoms with van der Waals surface area (Å²) in [5.74, 6) is 0.292. The number of rotatable bonds is 6. The Morgan fingerprint density at radius 3 is 2.62 bits per heavy atom. The van der Waals surface area contributed by atoms with E-state index in [0.29, 0.717) is 18.7 Å². The van der Waals surface area contributed by atoms with Gasteiger partial charge >= 0.3 is 0 Å². The van der Waals surface area contributed by atoms with Crippen LogP contribution in [0.15, 0.2) is 78.0 Å². The quantitative estimate of drug-likeness (QED) is 0.442. The lowest BCUT2D eigenvalue weighted by molar-refractivity contribution is -0.131. The molecule has 1 aliphatic rings. The number of ether oxygens (including phenoxy) is 1. The fourth-order valence-corrected chi connectivity index (χ4v) is 5.57. The molecule has 2 heterocycles. The summed E-state index contributed by atoms with van der Waals surface area (Å²) in [6.45, 7) is 0.354. The van der Waals surface area contributed by atoms with Crippen LogP contribution in [-0.2, 0) is 14.8 Å². The number of nitrogens with zero attached hydrogens (tertiary/aromatic N) is 2. The summed E-state index contributed by atoms with van der Waals surface area (Å²) in [6, 6.07) is 17.0. The monoisotopic (exact) mass is 476 g/mol. The smallest absolute Gasteiger partial charge is 0.242 e. The molecule has 1 saturated heterocycles. The molecule has 0 aliphatic carbocycles. The summed E-state index contributed by atoms with van der Waals surface area (Å²) in [6.07, 6.45) is 3.12. The van der Waals surface area contributed by atoms with Gasteiger partial charge in [-0.1, -0.05) is 24.3 Å². The van der Waals surface area contributed by atoms with Crippen LogP contribution in [0, 0.1) is 0 Å². The zero-order valence-electron chi connectivity index (χ0n) is 18.5. The van der Waals surface area contributed by atoms with Crippen molar-refractivity contribution in [1.29, 1.82) is 0 Å². The van der Waals surface area contributed by atoms with Crippen LogP contribution in [0.4, 0.5) is 0 Å². The van der Waals surface area contributed by atoms with Gasteiger partial charge in [0.15, 0.2) is 0 Å². The highest BCUT2D eigenvalue weighted by atomic mass is 32.2. The van der Waals surface area contributed by atoms with E-state index in [9.17, 15) is 13.2 Å². The number of aromatic nitrogens is 1. The third-order valence-electron chi connectivity index (χ3n) is 6.21. The molecule has 0 saturated carbocycles. The van der Waals surface area contributed by atoms with Crippen LogP contribution in [0.2, 0.25) is 0 Å². The summed E-state index contributed by atoms with van der Waals surface area (Å²) in [5.41, 5.74) is 7.17. The maximum Gasteiger partial charge on any atom is 0.242 e. The average Bonchev–Trinajstić information content (AvgIpc) is 3.21. The van der Waals surface area contributed by atoms with E-state index in [-0.39, 0.29) is 10.8 Å². The van der Waals surface area contributed by atoms with Crippen LogP contribution in [0.3, 0.4) is 0 Å². The van der Waals surface area contributed by atoms with Crippen molar-refractivity contribution in [3.05, 3.63) is 78.6 Å². The predicted octanol–water partition coefficient (Wildman–Crippen LogP) is 2.93. The highest BCUT2D eigenvalue weighted by molar-refractivity contribution is 7.89. The molecule has 2 atom stereocenters. The SMILES string of the molecule is COc1ccc2ccc(S(=O)(=O)N[C@H]3CCN([C@@H](N)c4ccc5ccncc5c4)C3=O)cc2c1. The van der Waals surface area contributed by atoms with Gasteiger partial charge in [0.1, 0.15) is 18.0 Å². The standard InChI is InChI=1S/C25H24N4O4S/c1-33-21-6-4-16-5-7-22(14-19(16)13-21)34(31,32)28-23-9-11-29(25(23)30)24(26)18-3-2-17-8-10-27-15-20(17)12-18/h2-8,10,12-15,23-24,28H,9,11,26H2,1H3/t23-,24+/m0/s1. The van der Waals surface area contributed by atoms with E-state index in [1.54, 1.807) is 37.7 Å². The predicted molar refractivity (Wildman–Crippen MR) is 130 cm³/mol. The second kappa shape index (κ2) is 8.68. The first-order chi connectivity index (χ1) is 16.4. The van der Waals surface area contributed by atoms with Crippen molar-refractivity contribution < 1.29 is 17.9 Å². The Morgan fingerprint density at radius 1 is 1.03 bits per heavy atom. The number of hydrogen-bond acceptors (Lipinski definition) is 6. The van der Waals surface area contributed by atoms with Crippen molar-refractivity contribution >= 4 is 37.5 Å². The maximum absolute atomic E-state index is 13.1. The number of carbonyl (C=O) groups excluding carboxylic acids is 1. The minimum absolute atomic E-state index is 0.0887. The molecule has 5 rings (SSSR count). The number of pyridine rings is 1. The third-order valence-corrected chi connectivity index (χ3v) is 7.68. The van der Waals surface area contributed by atoms with Gasteiger partial charge < -0.3 is 15.4 Å². The molecule has 0 spiro atoms. The first-order valence-corrected chi connectivity index (χ1v) is 12.3. The number of likely N-dealkylation sites (tertiary alicyclic amines) is 1. The molecule has 8 nitrogen and oxygen atoms in total. The van der Waals surface area contributed by atoms with E-state index < -0.39 is 22.2 Å². The lowest BCUT2D eigenvalue weighted by Gasteiger charge is -2.25. The Bertz CT molecular complexity index is 1510. The normalized spacial score (nSPS) is 17.4. The number of sulfonamides is 1. The maximum atomic E-state index is 13.1. The van der Waals surface area contributed by atoms with Crippen LogP contribution >= 0.6 is 0 Å². The van der Waals surface area contributed by atoms with Crippen molar-refractivity contribution in [2.75, 3.05) is 13.7 Å². The molecule has 1 amide bonds. The largest absolute Gasteiger partial charge is 0.497 e.